The quantitative estimate of drug-likeness (QED) is 0.550. The Hall–Kier alpha value is -1.65. The highest BCUT2D eigenvalue weighted by molar-refractivity contribution is 6.19. The Morgan fingerprint density at radius 2 is 1.88 bits per heavy atom. The van der Waals surface area contributed by atoms with Crippen LogP contribution in [0.2, 0.25) is 0 Å². The van der Waals surface area contributed by atoms with E-state index in [1.54, 1.807) is 6.07 Å². The lowest BCUT2D eigenvalue weighted by atomic mass is 9.97. The molecule has 0 N–H and O–H groups in total. The number of hydrogen-bond acceptors (Lipinski definition) is 2. The maximum atomic E-state index is 13.6. The second-order valence-corrected chi connectivity index (χ2v) is 3.61. The van der Waals surface area contributed by atoms with E-state index in [1.165, 1.54) is 12.1 Å². The number of anilines is 1. The summed E-state index contributed by atoms with van der Waals surface area (Å²) in [5.41, 5.74) is 0.644. The van der Waals surface area contributed by atoms with E-state index in [0.29, 0.717) is 5.56 Å². The molecule has 2 radical (unpaired) electrons. The molecule has 2 amide bonds. The third kappa shape index (κ3) is 1.73. The van der Waals surface area contributed by atoms with Crippen LogP contribution in [0.15, 0.2) is 18.2 Å². The molecule has 1 heterocycles. The maximum Gasteiger partial charge on any atom is 0.234 e. The summed E-state index contributed by atoms with van der Waals surface area (Å²) in [7, 11) is 5.36. The highest BCUT2D eigenvalue weighted by Gasteiger charge is 2.31. The molecule has 0 atom stereocenters. The fraction of sp³-hybridized carbons (Fsp3) is 0.273. The molecule has 16 heavy (non-hydrogen) atoms. The summed E-state index contributed by atoms with van der Waals surface area (Å²) in [6.07, 6.45) is 0.521. The van der Waals surface area contributed by atoms with Crippen LogP contribution in [0.5, 0.6) is 0 Å². The minimum Gasteiger partial charge on any atom is -0.274 e. The van der Waals surface area contributed by atoms with Crippen molar-refractivity contribution in [1.82, 2.24) is 0 Å². The predicted molar refractivity (Wildman–Crippen MR) is 57.6 cm³/mol. The van der Waals surface area contributed by atoms with Gasteiger partial charge >= 0.3 is 0 Å². The third-order valence-corrected chi connectivity index (χ3v) is 2.54. The molecule has 0 unspecified atom stereocenters. The van der Waals surface area contributed by atoms with Crippen LogP contribution in [0.3, 0.4) is 0 Å². The predicted octanol–water partition coefficient (Wildman–Crippen LogP) is 1.15. The summed E-state index contributed by atoms with van der Waals surface area (Å²) >= 11 is 0. The van der Waals surface area contributed by atoms with Gasteiger partial charge in [0.25, 0.3) is 0 Å². The number of imide groups is 1. The lowest BCUT2D eigenvalue weighted by molar-refractivity contribution is -0.121. The molecule has 3 nitrogen and oxygen atoms in total. The van der Waals surface area contributed by atoms with E-state index in [9.17, 15) is 14.0 Å². The Bertz CT molecular complexity index is 445. The number of rotatable bonds is 2. The van der Waals surface area contributed by atoms with Crippen molar-refractivity contribution in [3.8, 4) is 0 Å². The molecule has 5 heteroatoms. The van der Waals surface area contributed by atoms with Gasteiger partial charge in [-0.05, 0) is 12.1 Å². The molecule has 1 saturated heterocycles. The molecule has 0 spiro atoms. The van der Waals surface area contributed by atoms with E-state index >= 15 is 0 Å². The Labute approximate surface area is 93.7 Å². The topological polar surface area (TPSA) is 37.4 Å². The van der Waals surface area contributed by atoms with Crippen molar-refractivity contribution in [3.63, 3.8) is 0 Å². The normalized spacial score (nSPS) is 15.9. The SMILES string of the molecule is [B]Cc1ccc(N2C(=O)CCC2=O)c(F)c1. The molecule has 2 rings (SSSR count). The molecular weight excluding hydrogens is 208 g/mol. The molecule has 1 aliphatic heterocycles. The Morgan fingerprint density at radius 1 is 1.25 bits per heavy atom. The van der Waals surface area contributed by atoms with Crippen LogP contribution >= 0.6 is 0 Å². The van der Waals surface area contributed by atoms with Gasteiger partial charge in [-0.1, -0.05) is 17.9 Å². The molecule has 1 aliphatic rings. The van der Waals surface area contributed by atoms with Crippen LogP contribution in [0, 0.1) is 5.82 Å². The second kappa shape index (κ2) is 4.08. The van der Waals surface area contributed by atoms with Gasteiger partial charge in [0.1, 0.15) is 5.82 Å². The average Bonchev–Trinajstić information content (AvgIpc) is 2.59. The Kier molecular flexibility index (Phi) is 2.77. The summed E-state index contributed by atoms with van der Waals surface area (Å²) in [6.45, 7) is 0. The van der Waals surface area contributed by atoms with Gasteiger partial charge in [-0.15, -0.1) is 0 Å². The number of carbonyl (C=O) groups is 2. The first-order chi connectivity index (χ1) is 7.63. The smallest absolute Gasteiger partial charge is 0.234 e. The monoisotopic (exact) mass is 217 g/mol. The largest absolute Gasteiger partial charge is 0.274 e. The van der Waals surface area contributed by atoms with Gasteiger partial charge in [-0.2, -0.15) is 0 Å². The van der Waals surface area contributed by atoms with Crippen LogP contribution in [-0.4, -0.2) is 19.7 Å². The highest BCUT2D eigenvalue weighted by Crippen LogP contribution is 2.26. The van der Waals surface area contributed by atoms with Crippen LogP contribution < -0.4 is 4.90 Å². The van der Waals surface area contributed by atoms with Crippen LogP contribution in [0.25, 0.3) is 0 Å². The van der Waals surface area contributed by atoms with Gasteiger partial charge in [0.2, 0.25) is 11.8 Å². The summed E-state index contributed by atoms with van der Waals surface area (Å²) in [5, 5.41) is 0. The van der Waals surface area contributed by atoms with Crippen molar-refractivity contribution in [2.75, 3.05) is 4.90 Å². The van der Waals surface area contributed by atoms with Gasteiger partial charge in [0, 0.05) is 12.8 Å². The summed E-state index contributed by atoms with van der Waals surface area (Å²) < 4.78 is 13.6. The molecule has 0 aliphatic carbocycles. The zero-order chi connectivity index (χ0) is 11.7. The highest BCUT2D eigenvalue weighted by atomic mass is 19.1. The number of hydrogen-bond donors (Lipinski definition) is 0. The van der Waals surface area contributed by atoms with Gasteiger partial charge in [0.15, 0.2) is 0 Å². The van der Waals surface area contributed by atoms with E-state index in [4.69, 9.17) is 7.85 Å². The molecule has 0 bridgehead atoms. The summed E-state index contributed by atoms with van der Waals surface area (Å²) in [4.78, 5) is 23.7. The van der Waals surface area contributed by atoms with Gasteiger partial charge in [-0.25, -0.2) is 9.29 Å². The number of amides is 2. The number of carbonyl (C=O) groups excluding carboxylic acids is 2. The lowest BCUT2D eigenvalue weighted by Crippen LogP contribution is -2.29. The van der Waals surface area contributed by atoms with Crippen molar-refractivity contribution < 1.29 is 14.0 Å². The van der Waals surface area contributed by atoms with E-state index < -0.39 is 5.82 Å². The van der Waals surface area contributed by atoms with Crippen molar-refractivity contribution in [2.24, 2.45) is 0 Å². The second-order valence-electron chi connectivity index (χ2n) is 3.61. The number of nitrogens with zero attached hydrogens (tertiary/aromatic N) is 1. The Morgan fingerprint density at radius 3 is 2.38 bits per heavy atom. The fourth-order valence-electron chi connectivity index (χ4n) is 1.70. The third-order valence-electron chi connectivity index (χ3n) is 2.54. The molecule has 0 aromatic heterocycles. The zero-order valence-corrected chi connectivity index (χ0v) is 8.57. The number of benzene rings is 1. The molecule has 1 fully saturated rings. The molecule has 1 aromatic carbocycles. The van der Waals surface area contributed by atoms with E-state index in [-0.39, 0.29) is 36.7 Å². The molecule has 80 valence electrons. The van der Waals surface area contributed by atoms with Crippen molar-refractivity contribution in [3.05, 3.63) is 29.6 Å². The zero-order valence-electron chi connectivity index (χ0n) is 8.57. The molecule has 1 aromatic rings. The van der Waals surface area contributed by atoms with E-state index in [2.05, 4.69) is 0 Å². The minimum absolute atomic E-state index is 0.0182. The van der Waals surface area contributed by atoms with Gasteiger partial charge in [-0.3, -0.25) is 9.59 Å². The summed E-state index contributed by atoms with van der Waals surface area (Å²) in [6, 6.07) is 4.27. The first-order valence-corrected chi connectivity index (χ1v) is 4.97. The first-order valence-electron chi connectivity index (χ1n) is 4.97. The average molecular weight is 217 g/mol. The Balaban J connectivity index is 2.40. The molecular formula is C11H9BFNO2. The van der Waals surface area contributed by atoms with Gasteiger partial charge < -0.3 is 0 Å². The maximum absolute atomic E-state index is 13.6. The van der Waals surface area contributed by atoms with E-state index in [1.807, 2.05) is 0 Å². The van der Waals surface area contributed by atoms with Crippen molar-refractivity contribution in [1.29, 1.82) is 0 Å². The van der Waals surface area contributed by atoms with Crippen LogP contribution in [-0.2, 0) is 15.9 Å². The fourth-order valence-corrected chi connectivity index (χ4v) is 1.70. The van der Waals surface area contributed by atoms with E-state index in [0.717, 1.165) is 4.90 Å². The molecule has 0 saturated carbocycles. The van der Waals surface area contributed by atoms with Crippen LogP contribution in [0.1, 0.15) is 18.4 Å². The standard InChI is InChI=1S/C11H9BFNO2/c12-6-7-1-2-9(8(13)5-7)14-10(15)3-4-11(14)16/h1-2,5H,3-4,6H2. The van der Waals surface area contributed by atoms with Gasteiger partial charge in [0.05, 0.1) is 13.5 Å². The number of halogens is 1. The summed E-state index contributed by atoms with van der Waals surface area (Å²) in [5.74, 6) is -1.31. The van der Waals surface area contributed by atoms with Crippen molar-refractivity contribution >= 4 is 25.3 Å². The van der Waals surface area contributed by atoms with Crippen LogP contribution in [0.4, 0.5) is 10.1 Å². The minimum atomic E-state index is -0.591. The van der Waals surface area contributed by atoms with Crippen molar-refractivity contribution in [2.45, 2.75) is 19.2 Å². The first kappa shape index (κ1) is 10.9. The lowest BCUT2D eigenvalue weighted by Gasteiger charge is -2.15.